The molecule has 0 radical (unpaired) electrons. The highest BCUT2D eigenvalue weighted by Gasteiger charge is 2.44. The third kappa shape index (κ3) is 1.56. The number of likely N-dealkylation sites (N-methyl/N-ethyl adjacent to an activating group) is 1. The molecule has 1 rings (SSSR count). The van der Waals surface area contributed by atoms with Crippen LogP contribution in [0.15, 0.2) is 0 Å². The summed E-state index contributed by atoms with van der Waals surface area (Å²) in [5.74, 6) is 0. The molecule has 0 aromatic rings. The van der Waals surface area contributed by atoms with Crippen molar-refractivity contribution in [3.8, 4) is 0 Å². The molecule has 1 fully saturated rings. The Labute approximate surface area is 71.4 Å². The molecule has 0 aromatic carbocycles. The SMILES string of the molecule is CCC1([N+](=O)[O-])COCN(C)C1. The van der Waals surface area contributed by atoms with Crippen LogP contribution in [0.1, 0.15) is 13.3 Å². The molecule has 5 heteroatoms. The lowest BCUT2D eigenvalue weighted by Crippen LogP contribution is -2.55. The van der Waals surface area contributed by atoms with Crippen molar-refractivity contribution < 1.29 is 9.66 Å². The van der Waals surface area contributed by atoms with Gasteiger partial charge in [0, 0.05) is 11.3 Å². The highest BCUT2D eigenvalue weighted by Crippen LogP contribution is 2.20. The normalized spacial score (nSPS) is 31.8. The predicted molar refractivity (Wildman–Crippen MR) is 43.5 cm³/mol. The second-order valence-electron chi connectivity index (χ2n) is 3.33. The van der Waals surface area contributed by atoms with E-state index in [1.54, 1.807) is 0 Å². The maximum absolute atomic E-state index is 10.8. The lowest BCUT2D eigenvalue weighted by Gasteiger charge is -2.33. The van der Waals surface area contributed by atoms with Gasteiger partial charge in [-0.3, -0.25) is 15.0 Å². The fraction of sp³-hybridized carbons (Fsp3) is 1.00. The summed E-state index contributed by atoms with van der Waals surface area (Å²) in [6.45, 7) is 3.04. The standard InChI is InChI=1S/C7H14N2O3/c1-3-7(9(10)11)4-8(2)6-12-5-7/h3-6H2,1-2H3. The number of rotatable bonds is 2. The summed E-state index contributed by atoms with van der Waals surface area (Å²) in [5, 5.41) is 10.8. The van der Waals surface area contributed by atoms with Gasteiger partial charge in [-0.1, -0.05) is 6.92 Å². The molecule has 1 aliphatic heterocycles. The number of nitrogens with zero attached hydrogens (tertiary/aromatic N) is 2. The molecule has 0 saturated carbocycles. The maximum atomic E-state index is 10.8. The largest absolute Gasteiger partial charge is 0.359 e. The van der Waals surface area contributed by atoms with Gasteiger partial charge in [-0.2, -0.15) is 0 Å². The topological polar surface area (TPSA) is 55.6 Å². The number of ether oxygens (including phenoxy) is 1. The van der Waals surface area contributed by atoms with E-state index in [9.17, 15) is 10.1 Å². The molecule has 0 amide bonds. The molecular formula is C7H14N2O3. The zero-order valence-corrected chi connectivity index (χ0v) is 7.45. The summed E-state index contributed by atoms with van der Waals surface area (Å²) in [6, 6.07) is 0. The molecule has 0 aliphatic carbocycles. The smallest absolute Gasteiger partial charge is 0.257 e. The fourth-order valence-electron chi connectivity index (χ4n) is 1.44. The minimum absolute atomic E-state index is 0.220. The summed E-state index contributed by atoms with van der Waals surface area (Å²) >= 11 is 0. The van der Waals surface area contributed by atoms with Gasteiger partial charge in [0.25, 0.3) is 5.54 Å². The quantitative estimate of drug-likeness (QED) is 0.447. The van der Waals surface area contributed by atoms with Gasteiger partial charge >= 0.3 is 0 Å². The van der Waals surface area contributed by atoms with Crippen molar-refractivity contribution in [3.63, 3.8) is 0 Å². The Bertz CT molecular complexity index is 185. The lowest BCUT2D eigenvalue weighted by molar-refractivity contribution is -0.581. The minimum Gasteiger partial charge on any atom is -0.359 e. The Morgan fingerprint density at radius 2 is 2.42 bits per heavy atom. The van der Waals surface area contributed by atoms with Crippen molar-refractivity contribution in [1.29, 1.82) is 0 Å². The molecule has 70 valence electrons. The van der Waals surface area contributed by atoms with E-state index in [-0.39, 0.29) is 11.5 Å². The molecule has 0 aromatic heterocycles. The van der Waals surface area contributed by atoms with Crippen LogP contribution in [0.2, 0.25) is 0 Å². The van der Waals surface area contributed by atoms with Crippen LogP contribution in [0.25, 0.3) is 0 Å². The number of hydrogen-bond donors (Lipinski definition) is 0. The van der Waals surface area contributed by atoms with Crippen LogP contribution in [0, 0.1) is 10.1 Å². The van der Waals surface area contributed by atoms with Gasteiger partial charge < -0.3 is 4.74 Å². The van der Waals surface area contributed by atoms with Crippen LogP contribution < -0.4 is 0 Å². The summed E-state index contributed by atoms with van der Waals surface area (Å²) in [5.41, 5.74) is -0.882. The van der Waals surface area contributed by atoms with Crippen LogP contribution >= 0.6 is 0 Å². The third-order valence-electron chi connectivity index (χ3n) is 2.29. The van der Waals surface area contributed by atoms with E-state index in [0.717, 1.165) is 0 Å². The van der Waals surface area contributed by atoms with Gasteiger partial charge in [0.15, 0.2) is 0 Å². The highest BCUT2D eigenvalue weighted by molar-refractivity contribution is 4.83. The van der Waals surface area contributed by atoms with Gasteiger partial charge in [-0.25, -0.2) is 0 Å². The monoisotopic (exact) mass is 174 g/mol. The summed E-state index contributed by atoms with van der Waals surface area (Å²) in [7, 11) is 1.83. The molecule has 1 saturated heterocycles. The maximum Gasteiger partial charge on any atom is 0.257 e. The molecular weight excluding hydrogens is 160 g/mol. The molecule has 5 nitrogen and oxygen atoms in total. The van der Waals surface area contributed by atoms with Gasteiger partial charge in [-0.05, 0) is 7.05 Å². The van der Waals surface area contributed by atoms with Gasteiger partial charge in [0.2, 0.25) is 0 Å². The molecule has 0 bridgehead atoms. The third-order valence-corrected chi connectivity index (χ3v) is 2.29. The first-order chi connectivity index (χ1) is 5.60. The van der Waals surface area contributed by atoms with Gasteiger partial charge in [-0.15, -0.1) is 0 Å². The molecule has 1 heterocycles. The van der Waals surface area contributed by atoms with Crippen LogP contribution in [-0.4, -0.2) is 42.3 Å². The second-order valence-corrected chi connectivity index (χ2v) is 3.33. The summed E-state index contributed by atoms with van der Waals surface area (Å²) < 4.78 is 5.13. The van der Waals surface area contributed by atoms with E-state index >= 15 is 0 Å². The zero-order valence-electron chi connectivity index (χ0n) is 7.45. The van der Waals surface area contributed by atoms with Crippen molar-refractivity contribution >= 4 is 0 Å². The van der Waals surface area contributed by atoms with Crippen LogP contribution in [-0.2, 0) is 4.74 Å². The van der Waals surface area contributed by atoms with Gasteiger partial charge in [0.1, 0.15) is 6.61 Å². The molecule has 1 atom stereocenters. The van der Waals surface area contributed by atoms with E-state index < -0.39 is 5.54 Å². The minimum atomic E-state index is -0.882. The van der Waals surface area contributed by atoms with E-state index in [1.165, 1.54) is 0 Å². The van der Waals surface area contributed by atoms with Crippen molar-refractivity contribution in [1.82, 2.24) is 4.90 Å². The molecule has 0 N–H and O–H groups in total. The van der Waals surface area contributed by atoms with Crippen LogP contribution in [0.3, 0.4) is 0 Å². The zero-order chi connectivity index (χ0) is 9.19. The van der Waals surface area contributed by atoms with Crippen molar-refractivity contribution in [3.05, 3.63) is 10.1 Å². The first-order valence-corrected chi connectivity index (χ1v) is 4.01. The van der Waals surface area contributed by atoms with Crippen molar-refractivity contribution in [2.45, 2.75) is 18.9 Å². The average Bonchev–Trinajstić information content (AvgIpc) is 2.04. The first kappa shape index (κ1) is 9.41. The van der Waals surface area contributed by atoms with E-state index in [0.29, 0.717) is 19.7 Å². The Morgan fingerprint density at radius 3 is 2.75 bits per heavy atom. The summed E-state index contributed by atoms with van der Waals surface area (Å²) in [4.78, 5) is 12.4. The van der Waals surface area contributed by atoms with Crippen LogP contribution in [0.4, 0.5) is 0 Å². The highest BCUT2D eigenvalue weighted by atomic mass is 16.6. The Balaban J connectivity index is 2.71. The molecule has 12 heavy (non-hydrogen) atoms. The van der Waals surface area contributed by atoms with E-state index in [2.05, 4.69) is 0 Å². The number of hydrogen-bond acceptors (Lipinski definition) is 4. The summed E-state index contributed by atoms with van der Waals surface area (Å²) in [6.07, 6.45) is 0.518. The van der Waals surface area contributed by atoms with Crippen LogP contribution in [0.5, 0.6) is 0 Å². The predicted octanol–water partition coefficient (Wildman–Crippen LogP) is 0.331. The molecule has 1 unspecified atom stereocenters. The van der Waals surface area contributed by atoms with E-state index in [4.69, 9.17) is 4.74 Å². The lowest BCUT2D eigenvalue weighted by atomic mass is 9.97. The first-order valence-electron chi connectivity index (χ1n) is 4.01. The number of nitro groups is 1. The second kappa shape index (κ2) is 3.37. The molecule has 0 spiro atoms. The Morgan fingerprint density at radius 1 is 1.75 bits per heavy atom. The fourth-order valence-corrected chi connectivity index (χ4v) is 1.44. The van der Waals surface area contributed by atoms with Gasteiger partial charge in [0.05, 0.1) is 13.3 Å². The molecule has 1 aliphatic rings. The Kier molecular flexibility index (Phi) is 2.64. The Hall–Kier alpha value is -0.680. The van der Waals surface area contributed by atoms with Crippen molar-refractivity contribution in [2.75, 3.05) is 26.9 Å². The van der Waals surface area contributed by atoms with Crippen molar-refractivity contribution in [2.24, 2.45) is 0 Å². The van der Waals surface area contributed by atoms with E-state index in [1.807, 2.05) is 18.9 Å². The average molecular weight is 174 g/mol.